The summed E-state index contributed by atoms with van der Waals surface area (Å²) in [6.45, 7) is 24.9. The second-order valence-electron chi connectivity index (χ2n) is 14.2. The van der Waals surface area contributed by atoms with Gasteiger partial charge in [-0.3, -0.25) is 14.4 Å². The molecule has 0 fully saturated rings. The third kappa shape index (κ3) is 16.2. The van der Waals surface area contributed by atoms with E-state index in [4.69, 9.17) is 0 Å². The molecule has 0 spiro atoms. The first-order valence-corrected chi connectivity index (χ1v) is 13.5. The fraction of sp³-hybridized carbons (Fsp3) is 0.897. The van der Waals surface area contributed by atoms with Crippen molar-refractivity contribution in [2.45, 2.75) is 151 Å². The lowest BCUT2D eigenvalue weighted by Gasteiger charge is -2.32. The minimum atomic E-state index is -0.390. The quantitative estimate of drug-likeness (QED) is 0.274. The summed E-state index contributed by atoms with van der Waals surface area (Å²) in [6, 6.07) is -0.361. The molecular formula is C29H57N3O3. The summed E-state index contributed by atoms with van der Waals surface area (Å²) >= 11 is 0. The van der Waals surface area contributed by atoms with Gasteiger partial charge in [-0.2, -0.15) is 0 Å². The lowest BCUT2D eigenvalue weighted by atomic mass is 9.83. The van der Waals surface area contributed by atoms with Gasteiger partial charge in [0.05, 0.1) is 12.1 Å². The summed E-state index contributed by atoms with van der Waals surface area (Å²) in [5, 5.41) is 9.94. The molecule has 0 saturated heterocycles. The van der Waals surface area contributed by atoms with E-state index >= 15 is 0 Å². The summed E-state index contributed by atoms with van der Waals surface area (Å²) in [7, 11) is 0. The number of carbonyl (C=O) groups is 3. The number of nitrogens with one attached hydrogen (secondary N) is 3. The van der Waals surface area contributed by atoms with E-state index in [9.17, 15) is 14.4 Å². The second kappa shape index (κ2) is 13.9. The van der Waals surface area contributed by atoms with Gasteiger partial charge in [-0.15, -0.1) is 0 Å². The van der Waals surface area contributed by atoms with Gasteiger partial charge >= 0.3 is 0 Å². The van der Waals surface area contributed by atoms with Crippen molar-refractivity contribution < 1.29 is 14.4 Å². The molecule has 2 unspecified atom stereocenters. The van der Waals surface area contributed by atoms with E-state index in [-0.39, 0.29) is 51.5 Å². The van der Waals surface area contributed by atoms with E-state index in [0.29, 0.717) is 13.0 Å². The minimum absolute atomic E-state index is 0.0580. The molecule has 0 aliphatic heterocycles. The average molecular weight is 496 g/mol. The van der Waals surface area contributed by atoms with E-state index in [1.165, 1.54) is 0 Å². The van der Waals surface area contributed by atoms with E-state index in [0.717, 1.165) is 38.5 Å². The number of amides is 1. The molecule has 0 aromatic heterocycles. The van der Waals surface area contributed by atoms with Crippen molar-refractivity contribution in [1.29, 1.82) is 0 Å². The zero-order valence-corrected chi connectivity index (χ0v) is 25.0. The minimum Gasteiger partial charge on any atom is -0.356 e. The molecular weight excluding hydrogens is 438 g/mol. The van der Waals surface area contributed by atoms with Crippen LogP contribution in [-0.2, 0) is 14.4 Å². The predicted octanol–water partition coefficient (Wildman–Crippen LogP) is 5.58. The summed E-state index contributed by atoms with van der Waals surface area (Å²) < 4.78 is 0. The lowest BCUT2D eigenvalue weighted by molar-refractivity contribution is -0.129. The van der Waals surface area contributed by atoms with Crippen molar-refractivity contribution in [2.75, 3.05) is 6.54 Å². The standard InChI is InChI=1S/C29H57N3O3/c1-26(2,3)24(34)21(31-28(7,8)9)17-13-14-19-23(33)30-20-16-15-18-22(32-29(10,11)12)25(35)27(4,5)6/h21-22,31-32H,13-20H2,1-12H3,(H,30,33). The van der Waals surface area contributed by atoms with Crippen LogP contribution in [-0.4, -0.2) is 47.2 Å². The Labute approximate surface area is 216 Å². The highest BCUT2D eigenvalue weighted by Gasteiger charge is 2.32. The Morgan fingerprint density at radius 1 is 0.571 bits per heavy atom. The van der Waals surface area contributed by atoms with E-state index < -0.39 is 0 Å². The molecule has 35 heavy (non-hydrogen) atoms. The van der Waals surface area contributed by atoms with Crippen LogP contribution in [0.3, 0.4) is 0 Å². The molecule has 0 aliphatic carbocycles. The van der Waals surface area contributed by atoms with E-state index in [1.807, 2.05) is 41.5 Å². The third-order valence-corrected chi connectivity index (χ3v) is 5.71. The van der Waals surface area contributed by atoms with Gasteiger partial charge in [-0.1, -0.05) is 48.0 Å². The Bertz CT molecular complexity index is 673. The summed E-state index contributed by atoms with van der Waals surface area (Å²) in [4.78, 5) is 37.9. The Morgan fingerprint density at radius 3 is 1.29 bits per heavy atom. The molecule has 0 aromatic carbocycles. The Hall–Kier alpha value is -1.27. The van der Waals surface area contributed by atoms with Crippen molar-refractivity contribution in [3.05, 3.63) is 0 Å². The first-order valence-electron chi connectivity index (χ1n) is 13.5. The number of rotatable bonds is 14. The van der Waals surface area contributed by atoms with E-state index in [1.54, 1.807) is 0 Å². The van der Waals surface area contributed by atoms with Gasteiger partial charge in [-0.25, -0.2) is 0 Å². The molecule has 0 aromatic rings. The molecule has 2 atom stereocenters. The van der Waals surface area contributed by atoms with Gasteiger partial charge in [0, 0.05) is 34.9 Å². The van der Waals surface area contributed by atoms with Gasteiger partial charge in [-0.05, 0) is 73.6 Å². The molecule has 0 heterocycles. The molecule has 0 saturated carbocycles. The highest BCUT2D eigenvalue weighted by Crippen LogP contribution is 2.22. The zero-order valence-electron chi connectivity index (χ0n) is 25.0. The monoisotopic (exact) mass is 495 g/mol. The van der Waals surface area contributed by atoms with Crippen LogP contribution in [0.15, 0.2) is 0 Å². The number of ketones is 2. The highest BCUT2D eigenvalue weighted by atomic mass is 16.1. The largest absolute Gasteiger partial charge is 0.356 e. The normalized spacial score (nSPS) is 15.0. The van der Waals surface area contributed by atoms with Crippen molar-refractivity contribution in [2.24, 2.45) is 10.8 Å². The highest BCUT2D eigenvalue weighted by molar-refractivity contribution is 5.89. The van der Waals surface area contributed by atoms with Crippen molar-refractivity contribution in [1.82, 2.24) is 16.0 Å². The van der Waals surface area contributed by atoms with Crippen LogP contribution in [0.25, 0.3) is 0 Å². The van der Waals surface area contributed by atoms with Crippen LogP contribution >= 0.6 is 0 Å². The maximum atomic E-state index is 12.8. The van der Waals surface area contributed by atoms with Crippen LogP contribution in [0, 0.1) is 10.8 Å². The molecule has 6 nitrogen and oxygen atoms in total. The number of unbranched alkanes of at least 4 members (excludes halogenated alkanes) is 2. The van der Waals surface area contributed by atoms with Crippen LogP contribution in [0.2, 0.25) is 0 Å². The Kier molecular flexibility index (Phi) is 13.4. The van der Waals surface area contributed by atoms with Crippen molar-refractivity contribution in [3.8, 4) is 0 Å². The molecule has 0 aliphatic rings. The van der Waals surface area contributed by atoms with Crippen molar-refractivity contribution in [3.63, 3.8) is 0 Å². The first-order chi connectivity index (χ1) is 15.6. The number of hydrogen-bond acceptors (Lipinski definition) is 5. The summed E-state index contributed by atoms with van der Waals surface area (Å²) in [5.41, 5.74) is -1.03. The lowest BCUT2D eigenvalue weighted by Crippen LogP contribution is -2.50. The molecule has 6 heteroatoms. The average Bonchev–Trinajstić information content (AvgIpc) is 2.64. The van der Waals surface area contributed by atoms with Gasteiger partial charge in [0.1, 0.15) is 0 Å². The first kappa shape index (κ1) is 33.7. The third-order valence-electron chi connectivity index (χ3n) is 5.71. The fourth-order valence-electron chi connectivity index (χ4n) is 4.05. The molecule has 0 bridgehead atoms. The summed E-state index contributed by atoms with van der Waals surface area (Å²) in [6.07, 6.45) is 5.32. The molecule has 0 radical (unpaired) electrons. The maximum Gasteiger partial charge on any atom is 0.219 e. The van der Waals surface area contributed by atoms with Crippen LogP contribution < -0.4 is 16.0 Å². The summed E-state index contributed by atoms with van der Waals surface area (Å²) in [5.74, 6) is 0.518. The van der Waals surface area contributed by atoms with Crippen LogP contribution in [0.1, 0.15) is 128 Å². The zero-order chi connectivity index (χ0) is 27.7. The van der Waals surface area contributed by atoms with Gasteiger partial charge in [0.15, 0.2) is 11.6 Å². The fourth-order valence-corrected chi connectivity index (χ4v) is 4.05. The number of carbonyl (C=O) groups excluding carboxylic acids is 3. The SMILES string of the molecule is CC(C)(C)NC(CCCCNC(=O)CCCCC(NC(C)(C)C)C(=O)C(C)(C)C)C(=O)C(C)(C)C. The Morgan fingerprint density at radius 2 is 0.943 bits per heavy atom. The Balaban J connectivity index is 4.43. The topological polar surface area (TPSA) is 87.3 Å². The molecule has 1 amide bonds. The van der Waals surface area contributed by atoms with Crippen LogP contribution in [0.4, 0.5) is 0 Å². The van der Waals surface area contributed by atoms with Gasteiger partial charge in [0.2, 0.25) is 5.91 Å². The number of hydrogen-bond donors (Lipinski definition) is 3. The molecule has 0 rings (SSSR count). The molecule has 3 N–H and O–H groups in total. The van der Waals surface area contributed by atoms with Gasteiger partial charge < -0.3 is 16.0 Å². The smallest absolute Gasteiger partial charge is 0.219 e. The van der Waals surface area contributed by atoms with E-state index in [2.05, 4.69) is 57.5 Å². The maximum absolute atomic E-state index is 12.8. The van der Waals surface area contributed by atoms with Crippen LogP contribution in [0.5, 0.6) is 0 Å². The van der Waals surface area contributed by atoms with Crippen molar-refractivity contribution >= 4 is 17.5 Å². The second-order valence-corrected chi connectivity index (χ2v) is 14.2. The molecule has 206 valence electrons. The van der Waals surface area contributed by atoms with Gasteiger partial charge in [0.25, 0.3) is 0 Å². The number of Topliss-reactive ketones (excluding diaryl/α,β-unsaturated/α-hetero) is 2. The predicted molar refractivity (Wildman–Crippen MR) is 148 cm³/mol.